The molecule has 0 aromatic carbocycles. The first kappa shape index (κ1) is 11.1. The number of hydrogen-bond donors (Lipinski definition) is 3. The molecule has 0 amide bonds. The molecule has 4 nitrogen and oxygen atoms in total. The Bertz CT molecular complexity index is 101. The monoisotopic (exact) mass is 150 g/mol. The Hall–Kier alpha value is -0.710. The Morgan fingerprint density at radius 1 is 1.78 bits per heavy atom. The molecule has 0 atom stereocenters. The van der Waals surface area contributed by atoms with Crippen molar-refractivity contribution in [1.29, 1.82) is 5.41 Å². The van der Waals surface area contributed by atoms with E-state index in [2.05, 4.69) is 23.1 Å². The Kier molecular flexibility index (Phi) is 9.02. The van der Waals surface area contributed by atoms with Gasteiger partial charge in [0.05, 0.1) is 7.11 Å². The second-order valence-corrected chi connectivity index (χ2v) is 1.56. The van der Waals surface area contributed by atoms with Crippen LogP contribution in [0.25, 0.3) is 0 Å². The van der Waals surface area contributed by atoms with E-state index >= 15 is 0 Å². The topological polar surface area (TPSA) is 76.2 Å². The Balaban J connectivity index is 0. The van der Waals surface area contributed by atoms with Crippen molar-refractivity contribution in [1.82, 2.24) is 0 Å². The quantitative estimate of drug-likeness (QED) is 0.197. The molecule has 0 spiro atoms. The van der Waals surface area contributed by atoms with Gasteiger partial charge in [-0.05, 0) is 0 Å². The van der Waals surface area contributed by atoms with Crippen molar-refractivity contribution >= 4 is 23.8 Å². The van der Waals surface area contributed by atoms with Gasteiger partial charge in [0.1, 0.15) is 5.17 Å². The summed E-state index contributed by atoms with van der Waals surface area (Å²) in [7, 11) is 1.35. The normalized spacial score (nSPS) is 6.56. The highest BCUT2D eigenvalue weighted by Gasteiger charge is 1.75. The number of nitrogens with two attached hydrogens (primary N) is 1. The van der Waals surface area contributed by atoms with Gasteiger partial charge in [-0.1, -0.05) is 0 Å². The van der Waals surface area contributed by atoms with Crippen LogP contribution in [0, 0.1) is 5.41 Å². The maximum Gasteiger partial charge on any atom is 0.302 e. The molecule has 0 radical (unpaired) electrons. The van der Waals surface area contributed by atoms with Gasteiger partial charge in [0.15, 0.2) is 0 Å². The summed E-state index contributed by atoms with van der Waals surface area (Å²) in [6, 6.07) is 0. The summed E-state index contributed by atoms with van der Waals surface area (Å²) in [6.07, 6.45) is 0. The van der Waals surface area contributed by atoms with Crippen LogP contribution in [0.1, 0.15) is 6.92 Å². The lowest BCUT2D eigenvalue weighted by atomic mass is 10.8. The fourth-order valence-corrected chi connectivity index (χ4v) is 0. The summed E-state index contributed by atoms with van der Waals surface area (Å²) in [5.41, 5.74) is 4.56. The first-order valence-corrected chi connectivity index (χ1v) is 2.53. The lowest BCUT2D eigenvalue weighted by molar-refractivity contribution is -0.137. The van der Waals surface area contributed by atoms with Crippen molar-refractivity contribution in [3.63, 3.8) is 0 Å². The molecule has 0 bridgehead atoms. The van der Waals surface area contributed by atoms with Crippen molar-refractivity contribution in [3.8, 4) is 0 Å². The summed E-state index contributed by atoms with van der Waals surface area (Å²) in [6.45, 7) is 1.36. The molecule has 3 N–H and O–H groups in total. The molecule has 0 saturated heterocycles. The molecule has 54 valence electrons. The number of thiol groups is 1. The minimum atomic E-state index is -0.245. The van der Waals surface area contributed by atoms with Gasteiger partial charge in [-0.25, -0.2) is 0 Å². The second-order valence-electron chi connectivity index (χ2n) is 1.08. The number of ether oxygens (including phenoxy) is 1. The van der Waals surface area contributed by atoms with Crippen molar-refractivity contribution in [2.24, 2.45) is 5.73 Å². The van der Waals surface area contributed by atoms with E-state index in [1.54, 1.807) is 0 Å². The zero-order valence-electron chi connectivity index (χ0n) is 5.34. The summed E-state index contributed by atoms with van der Waals surface area (Å²) >= 11 is 3.33. The number of carbonyl (C=O) groups is 1. The van der Waals surface area contributed by atoms with Crippen LogP contribution in [0.3, 0.4) is 0 Å². The Morgan fingerprint density at radius 3 is 1.89 bits per heavy atom. The highest BCUT2D eigenvalue weighted by atomic mass is 32.1. The summed E-state index contributed by atoms with van der Waals surface area (Å²) in [5.74, 6) is -0.245. The van der Waals surface area contributed by atoms with Crippen LogP contribution in [0.4, 0.5) is 0 Å². The highest BCUT2D eigenvalue weighted by molar-refractivity contribution is 7.96. The van der Waals surface area contributed by atoms with E-state index in [4.69, 9.17) is 5.41 Å². The predicted octanol–water partition coefficient (Wildman–Crippen LogP) is -0.0110. The number of esters is 1. The molecule has 0 saturated carbocycles. The molecular weight excluding hydrogens is 140 g/mol. The van der Waals surface area contributed by atoms with Crippen molar-refractivity contribution in [2.45, 2.75) is 6.92 Å². The first-order chi connectivity index (χ1) is 4.00. The van der Waals surface area contributed by atoms with E-state index in [-0.39, 0.29) is 11.1 Å². The SMILES string of the molecule is COC(C)=O.N=C(N)S. The zero-order valence-corrected chi connectivity index (χ0v) is 6.24. The van der Waals surface area contributed by atoms with E-state index in [0.29, 0.717) is 0 Å². The fourth-order valence-electron chi connectivity index (χ4n) is 0. The van der Waals surface area contributed by atoms with Crippen LogP contribution in [0.2, 0.25) is 0 Å². The third-order valence-corrected chi connectivity index (χ3v) is 0.287. The molecule has 9 heavy (non-hydrogen) atoms. The van der Waals surface area contributed by atoms with E-state index < -0.39 is 0 Å². The van der Waals surface area contributed by atoms with E-state index in [1.807, 2.05) is 0 Å². The Labute approximate surface area is 59.3 Å². The minimum Gasteiger partial charge on any atom is -0.469 e. The van der Waals surface area contributed by atoms with Crippen molar-refractivity contribution in [2.75, 3.05) is 7.11 Å². The first-order valence-electron chi connectivity index (χ1n) is 2.08. The molecule has 0 aliphatic carbocycles. The van der Waals surface area contributed by atoms with Gasteiger partial charge in [0.2, 0.25) is 0 Å². The van der Waals surface area contributed by atoms with Crippen molar-refractivity contribution < 1.29 is 9.53 Å². The molecule has 0 unspecified atom stereocenters. The number of methoxy groups -OCH3 is 1. The lowest BCUT2D eigenvalue weighted by Crippen LogP contribution is -1.96. The molecule has 5 heteroatoms. The summed E-state index contributed by atoms with van der Waals surface area (Å²) in [4.78, 5) is 9.59. The maximum atomic E-state index is 9.59. The van der Waals surface area contributed by atoms with Crippen LogP contribution in [0.5, 0.6) is 0 Å². The number of rotatable bonds is 0. The van der Waals surface area contributed by atoms with Crippen LogP contribution in [0.15, 0.2) is 0 Å². The zero-order chi connectivity index (χ0) is 7.86. The average molecular weight is 150 g/mol. The van der Waals surface area contributed by atoms with Gasteiger partial charge in [0, 0.05) is 6.92 Å². The summed E-state index contributed by atoms with van der Waals surface area (Å²) < 4.78 is 4.11. The predicted molar refractivity (Wildman–Crippen MR) is 38.6 cm³/mol. The van der Waals surface area contributed by atoms with Crippen LogP contribution in [-0.4, -0.2) is 18.2 Å². The second kappa shape index (κ2) is 7.29. The van der Waals surface area contributed by atoms with E-state index in [0.717, 1.165) is 0 Å². The largest absolute Gasteiger partial charge is 0.469 e. The molecule has 0 rings (SSSR count). The fraction of sp³-hybridized carbons (Fsp3) is 0.500. The number of amidine groups is 1. The van der Waals surface area contributed by atoms with E-state index in [9.17, 15) is 4.79 Å². The Morgan fingerprint density at radius 2 is 1.89 bits per heavy atom. The third kappa shape index (κ3) is 123. The van der Waals surface area contributed by atoms with Crippen LogP contribution >= 0.6 is 12.6 Å². The number of nitrogens with one attached hydrogen (secondary N) is 1. The van der Waals surface area contributed by atoms with Crippen molar-refractivity contribution in [3.05, 3.63) is 0 Å². The molecule has 0 fully saturated rings. The van der Waals surface area contributed by atoms with Crippen LogP contribution < -0.4 is 5.73 Å². The third-order valence-electron chi connectivity index (χ3n) is 0.287. The van der Waals surface area contributed by atoms with E-state index in [1.165, 1.54) is 14.0 Å². The number of carbonyl (C=O) groups excluding carboxylic acids is 1. The van der Waals surface area contributed by atoms with Gasteiger partial charge in [-0.2, -0.15) is 0 Å². The summed E-state index contributed by atoms with van der Waals surface area (Å²) in [5, 5.41) is 6.00. The maximum absolute atomic E-state index is 9.59. The smallest absolute Gasteiger partial charge is 0.302 e. The molecular formula is C4H10N2O2S. The lowest BCUT2D eigenvalue weighted by Gasteiger charge is -1.80. The van der Waals surface area contributed by atoms with Gasteiger partial charge in [-0.3, -0.25) is 10.2 Å². The molecule has 0 aromatic heterocycles. The van der Waals surface area contributed by atoms with Gasteiger partial charge in [-0.15, -0.1) is 12.6 Å². The minimum absolute atomic E-state index is 0.139. The molecule has 0 heterocycles. The van der Waals surface area contributed by atoms with Crippen LogP contribution in [-0.2, 0) is 9.53 Å². The van der Waals surface area contributed by atoms with Gasteiger partial charge in [0.25, 0.3) is 0 Å². The molecule has 0 aliphatic heterocycles. The highest BCUT2D eigenvalue weighted by Crippen LogP contribution is 1.60. The van der Waals surface area contributed by atoms with Gasteiger partial charge >= 0.3 is 5.97 Å². The molecule has 0 aromatic rings. The average Bonchev–Trinajstić information content (AvgIpc) is 1.65. The standard InChI is InChI=1S/C3H6O2.CH4N2S/c1-3(4)5-2;2-1(3)4/h1-2H3;(H4,2,3,4). The molecule has 0 aliphatic rings. The number of hydrogen-bond acceptors (Lipinski definition) is 3. The van der Waals surface area contributed by atoms with Gasteiger partial charge < -0.3 is 10.5 Å².